The predicted octanol–water partition coefficient (Wildman–Crippen LogP) is 3.33. The molecule has 0 spiro atoms. The van der Waals surface area contributed by atoms with Crippen molar-refractivity contribution < 1.29 is 14.2 Å². The monoisotopic (exact) mass is 299 g/mol. The molecule has 0 aliphatic rings. The number of hydrogen-bond acceptors (Lipinski definition) is 5. The molecule has 1 aromatic heterocycles. The first kappa shape index (κ1) is 14.1. The Labute approximate surface area is 128 Å². The van der Waals surface area contributed by atoms with E-state index >= 15 is 0 Å². The maximum Gasteiger partial charge on any atom is 0.160 e. The van der Waals surface area contributed by atoms with Crippen LogP contribution in [0, 0.1) is 0 Å². The molecule has 0 radical (unpaired) electrons. The molecule has 114 valence electrons. The van der Waals surface area contributed by atoms with Gasteiger partial charge >= 0.3 is 0 Å². The van der Waals surface area contributed by atoms with Crippen LogP contribution < -0.4 is 19.5 Å². The summed E-state index contributed by atoms with van der Waals surface area (Å²) in [6, 6.07) is 11.3. The van der Waals surface area contributed by atoms with Crippen molar-refractivity contribution in [3.05, 3.63) is 36.4 Å². The molecular weight excluding hydrogens is 282 g/mol. The van der Waals surface area contributed by atoms with E-state index in [-0.39, 0.29) is 0 Å². The molecule has 0 aliphatic heterocycles. The van der Waals surface area contributed by atoms with E-state index in [1.807, 2.05) is 36.4 Å². The Bertz CT molecular complexity index is 776. The minimum atomic E-state index is 0.711. The van der Waals surface area contributed by atoms with E-state index < -0.39 is 0 Å². The molecule has 1 heterocycles. The zero-order chi connectivity index (χ0) is 15.5. The summed E-state index contributed by atoms with van der Waals surface area (Å²) >= 11 is 0. The van der Waals surface area contributed by atoms with Crippen LogP contribution in [0.15, 0.2) is 36.4 Å². The van der Waals surface area contributed by atoms with Crippen molar-refractivity contribution in [2.45, 2.75) is 0 Å². The molecule has 0 aliphatic carbocycles. The van der Waals surface area contributed by atoms with E-state index in [4.69, 9.17) is 14.2 Å². The zero-order valence-electron chi connectivity index (χ0n) is 12.6. The second kappa shape index (κ2) is 5.85. The van der Waals surface area contributed by atoms with Crippen molar-refractivity contribution in [3.8, 4) is 17.2 Å². The fourth-order valence-corrected chi connectivity index (χ4v) is 2.24. The molecule has 2 N–H and O–H groups in total. The Hall–Kier alpha value is -2.89. The van der Waals surface area contributed by atoms with Crippen molar-refractivity contribution in [2.24, 2.45) is 0 Å². The van der Waals surface area contributed by atoms with Crippen molar-refractivity contribution in [1.29, 1.82) is 0 Å². The van der Waals surface area contributed by atoms with E-state index in [2.05, 4.69) is 15.5 Å². The van der Waals surface area contributed by atoms with Gasteiger partial charge in [-0.05, 0) is 12.1 Å². The number of nitrogens with one attached hydrogen (secondary N) is 2. The van der Waals surface area contributed by atoms with Crippen LogP contribution in [0.25, 0.3) is 10.9 Å². The molecule has 0 saturated heterocycles. The molecule has 3 rings (SSSR count). The Morgan fingerprint density at radius 2 is 1.55 bits per heavy atom. The van der Waals surface area contributed by atoms with E-state index in [9.17, 15) is 0 Å². The number of nitrogens with zero attached hydrogens (tertiary/aromatic N) is 1. The molecule has 0 amide bonds. The minimum Gasteiger partial charge on any atom is -0.497 e. The molecule has 6 nitrogen and oxygen atoms in total. The highest BCUT2D eigenvalue weighted by Crippen LogP contribution is 2.31. The second-order valence-corrected chi connectivity index (χ2v) is 4.71. The number of ether oxygens (including phenoxy) is 3. The first-order chi connectivity index (χ1) is 10.7. The number of benzene rings is 2. The van der Waals surface area contributed by atoms with Gasteiger partial charge in [-0.25, -0.2) is 0 Å². The third-order valence-corrected chi connectivity index (χ3v) is 3.38. The van der Waals surface area contributed by atoms with Gasteiger partial charge in [0.05, 0.1) is 26.8 Å². The third kappa shape index (κ3) is 2.63. The van der Waals surface area contributed by atoms with Crippen molar-refractivity contribution in [3.63, 3.8) is 0 Å². The van der Waals surface area contributed by atoms with Crippen LogP contribution in [0.5, 0.6) is 17.2 Å². The maximum absolute atomic E-state index is 5.27. The molecule has 22 heavy (non-hydrogen) atoms. The normalized spacial score (nSPS) is 10.5. The number of fused-ring (bicyclic) bond motifs is 1. The number of H-pyrrole nitrogens is 1. The van der Waals surface area contributed by atoms with Gasteiger partial charge in [0.2, 0.25) is 0 Å². The fourth-order valence-electron chi connectivity index (χ4n) is 2.24. The van der Waals surface area contributed by atoms with Gasteiger partial charge < -0.3 is 19.5 Å². The minimum absolute atomic E-state index is 0.711. The van der Waals surface area contributed by atoms with Crippen molar-refractivity contribution in [2.75, 3.05) is 26.6 Å². The van der Waals surface area contributed by atoms with Gasteiger partial charge in [-0.2, -0.15) is 5.10 Å². The van der Waals surface area contributed by atoms with E-state index in [1.54, 1.807) is 21.3 Å². The average Bonchev–Trinajstić information content (AvgIpc) is 2.96. The van der Waals surface area contributed by atoms with Crippen molar-refractivity contribution >= 4 is 22.4 Å². The zero-order valence-corrected chi connectivity index (χ0v) is 12.6. The SMILES string of the molecule is COc1cc(Nc2n[nH]c3cc(OC)ccc23)cc(OC)c1. The van der Waals surface area contributed by atoms with Crippen LogP contribution >= 0.6 is 0 Å². The molecule has 6 heteroatoms. The van der Waals surface area contributed by atoms with Gasteiger partial charge in [-0.1, -0.05) is 0 Å². The summed E-state index contributed by atoms with van der Waals surface area (Å²) in [6.45, 7) is 0. The number of aromatic nitrogens is 2. The topological polar surface area (TPSA) is 68.4 Å². The number of rotatable bonds is 5. The van der Waals surface area contributed by atoms with Gasteiger partial charge in [-0.3, -0.25) is 5.10 Å². The summed E-state index contributed by atoms with van der Waals surface area (Å²) in [7, 11) is 4.88. The summed E-state index contributed by atoms with van der Waals surface area (Å²) in [5.41, 5.74) is 1.73. The van der Waals surface area contributed by atoms with Gasteiger partial charge in [0.1, 0.15) is 17.2 Å². The molecule has 2 aromatic carbocycles. The highest BCUT2D eigenvalue weighted by atomic mass is 16.5. The lowest BCUT2D eigenvalue weighted by Crippen LogP contribution is -1.94. The smallest absolute Gasteiger partial charge is 0.160 e. The highest BCUT2D eigenvalue weighted by molar-refractivity contribution is 5.92. The Balaban J connectivity index is 1.96. The number of anilines is 2. The average molecular weight is 299 g/mol. The van der Waals surface area contributed by atoms with Crippen LogP contribution in [0.2, 0.25) is 0 Å². The van der Waals surface area contributed by atoms with Crippen LogP contribution in [-0.2, 0) is 0 Å². The lowest BCUT2D eigenvalue weighted by Gasteiger charge is -2.09. The molecule has 0 atom stereocenters. The van der Waals surface area contributed by atoms with Crippen LogP contribution in [0.1, 0.15) is 0 Å². The van der Waals surface area contributed by atoms with Gasteiger partial charge in [-0.15, -0.1) is 0 Å². The Morgan fingerprint density at radius 1 is 0.864 bits per heavy atom. The number of hydrogen-bond donors (Lipinski definition) is 2. The molecular formula is C16H17N3O3. The van der Waals surface area contributed by atoms with Gasteiger partial charge in [0.15, 0.2) is 5.82 Å². The Morgan fingerprint density at radius 3 is 2.18 bits per heavy atom. The predicted molar refractivity (Wildman–Crippen MR) is 85.5 cm³/mol. The first-order valence-corrected chi connectivity index (χ1v) is 6.75. The number of methoxy groups -OCH3 is 3. The summed E-state index contributed by atoms with van der Waals surface area (Å²) in [5.74, 6) is 2.94. The first-order valence-electron chi connectivity index (χ1n) is 6.75. The summed E-state index contributed by atoms with van der Waals surface area (Å²) in [6.07, 6.45) is 0. The van der Waals surface area contributed by atoms with Crippen molar-refractivity contribution in [1.82, 2.24) is 10.2 Å². The van der Waals surface area contributed by atoms with Gasteiger partial charge in [0, 0.05) is 35.3 Å². The molecule has 0 saturated carbocycles. The second-order valence-electron chi connectivity index (χ2n) is 4.71. The fraction of sp³-hybridized carbons (Fsp3) is 0.188. The molecule has 3 aromatic rings. The largest absolute Gasteiger partial charge is 0.497 e. The lowest BCUT2D eigenvalue weighted by atomic mass is 10.2. The van der Waals surface area contributed by atoms with Crippen LogP contribution in [-0.4, -0.2) is 31.5 Å². The summed E-state index contributed by atoms with van der Waals surface area (Å²) in [5, 5.41) is 11.5. The highest BCUT2D eigenvalue weighted by Gasteiger charge is 2.08. The van der Waals surface area contributed by atoms with E-state index in [1.165, 1.54) is 0 Å². The summed E-state index contributed by atoms with van der Waals surface area (Å²) < 4.78 is 15.7. The maximum atomic E-state index is 5.27. The standard InChI is InChI=1S/C16H17N3O3/c1-20-11-4-5-14-15(9-11)18-19-16(14)17-10-6-12(21-2)8-13(7-10)22-3/h4-9H,1-3H3,(H2,17,18,19). The molecule has 0 bridgehead atoms. The lowest BCUT2D eigenvalue weighted by molar-refractivity contribution is 0.395. The third-order valence-electron chi connectivity index (χ3n) is 3.38. The van der Waals surface area contributed by atoms with Gasteiger partial charge in [0.25, 0.3) is 0 Å². The quantitative estimate of drug-likeness (QED) is 0.756. The molecule has 0 fully saturated rings. The van der Waals surface area contributed by atoms with E-state index in [0.29, 0.717) is 11.5 Å². The molecule has 0 unspecified atom stereocenters. The van der Waals surface area contributed by atoms with Crippen LogP contribution in [0.3, 0.4) is 0 Å². The van der Waals surface area contributed by atoms with Crippen LogP contribution in [0.4, 0.5) is 11.5 Å². The number of aromatic amines is 1. The summed E-state index contributed by atoms with van der Waals surface area (Å²) in [4.78, 5) is 0. The Kier molecular flexibility index (Phi) is 3.74. The van der Waals surface area contributed by atoms with E-state index in [0.717, 1.165) is 28.2 Å².